The van der Waals surface area contributed by atoms with E-state index in [1.54, 1.807) is 0 Å². The van der Waals surface area contributed by atoms with E-state index in [0.29, 0.717) is 6.26 Å². The average molecular weight is 140 g/mol. The van der Waals surface area contributed by atoms with Crippen molar-refractivity contribution in [1.82, 2.24) is 0 Å². The van der Waals surface area contributed by atoms with Crippen LogP contribution in [0.3, 0.4) is 0 Å². The number of hydrogen-bond donors (Lipinski definition) is 0. The normalized spacial score (nSPS) is 6.80. The van der Waals surface area contributed by atoms with Crippen molar-refractivity contribution >= 4 is 17.9 Å². The molecular weight excluding hydrogens is 136 g/mol. The summed E-state index contributed by atoms with van der Waals surface area (Å²) >= 11 is 0. The van der Waals surface area contributed by atoms with Crippen LogP contribution in [0, 0.1) is 0 Å². The largest absolute Gasteiger partial charge is 0.422 e. The van der Waals surface area contributed by atoms with Crippen LogP contribution >= 0.6 is 0 Å². The van der Waals surface area contributed by atoms with Crippen molar-refractivity contribution in [3.8, 4) is 0 Å². The standard InChI is InChI=1S/C6H4O4/c7-3-1-2-6(9)10-5-4-8/h1,5H,2H2. The molecule has 0 aliphatic carbocycles. The highest BCUT2D eigenvalue weighted by Crippen LogP contribution is 1.84. The molecule has 4 heteroatoms. The maximum Gasteiger partial charge on any atom is 0.315 e. The number of rotatable bonds is 3. The van der Waals surface area contributed by atoms with E-state index in [0.717, 1.165) is 6.08 Å². The Bertz CT molecular complexity index is 184. The maximum atomic E-state index is 10.3. The first-order valence-electron chi connectivity index (χ1n) is 2.39. The highest BCUT2D eigenvalue weighted by molar-refractivity contribution is 5.74. The Kier molecular flexibility index (Phi) is 4.61. The van der Waals surface area contributed by atoms with Gasteiger partial charge in [-0.15, -0.1) is 0 Å². The molecule has 0 unspecified atom stereocenters. The second-order valence-electron chi connectivity index (χ2n) is 1.25. The third kappa shape index (κ3) is 4.53. The first-order chi connectivity index (χ1) is 4.81. The van der Waals surface area contributed by atoms with E-state index in [1.807, 2.05) is 0 Å². The summed E-state index contributed by atoms with van der Waals surface area (Å²) in [4.78, 5) is 29.3. The van der Waals surface area contributed by atoms with Gasteiger partial charge in [0.25, 0.3) is 0 Å². The number of ether oxygens (including phenoxy) is 1. The zero-order chi connectivity index (χ0) is 7.82. The van der Waals surface area contributed by atoms with Gasteiger partial charge in [0, 0.05) is 6.08 Å². The van der Waals surface area contributed by atoms with Crippen LogP contribution in [0.25, 0.3) is 0 Å². The molecule has 0 N–H and O–H groups in total. The Hall–Kier alpha value is -1.63. The third-order valence-corrected chi connectivity index (χ3v) is 0.591. The fourth-order valence-corrected chi connectivity index (χ4v) is 0.263. The average Bonchev–Trinajstić information content (AvgIpc) is 1.97. The molecule has 0 aromatic heterocycles. The van der Waals surface area contributed by atoms with Crippen LogP contribution in [-0.4, -0.2) is 17.9 Å². The second kappa shape index (κ2) is 5.51. The van der Waals surface area contributed by atoms with Crippen molar-refractivity contribution in [2.45, 2.75) is 6.42 Å². The summed E-state index contributed by atoms with van der Waals surface area (Å²) in [5.74, 6) is 1.94. The van der Waals surface area contributed by atoms with Gasteiger partial charge >= 0.3 is 5.97 Å². The van der Waals surface area contributed by atoms with E-state index in [2.05, 4.69) is 4.74 Å². The van der Waals surface area contributed by atoms with Gasteiger partial charge in [-0.1, -0.05) is 0 Å². The van der Waals surface area contributed by atoms with Crippen LogP contribution in [0.5, 0.6) is 0 Å². The molecule has 10 heavy (non-hydrogen) atoms. The summed E-state index contributed by atoms with van der Waals surface area (Å²) in [7, 11) is 0. The van der Waals surface area contributed by atoms with E-state index in [1.165, 1.54) is 11.9 Å². The predicted molar refractivity (Wildman–Crippen MR) is 31.2 cm³/mol. The number of carbonyl (C=O) groups excluding carboxylic acids is 3. The van der Waals surface area contributed by atoms with Gasteiger partial charge in [-0.2, -0.15) is 0 Å². The Morgan fingerprint density at radius 3 is 2.60 bits per heavy atom. The monoisotopic (exact) mass is 140 g/mol. The lowest BCUT2D eigenvalue weighted by atomic mass is 10.4. The smallest absolute Gasteiger partial charge is 0.315 e. The topological polar surface area (TPSA) is 60.4 Å². The van der Waals surface area contributed by atoms with Gasteiger partial charge in [0.2, 0.25) is 0 Å². The molecule has 0 spiro atoms. The van der Waals surface area contributed by atoms with Crippen LogP contribution in [0.4, 0.5) is 0 Å². The van der Waals surface area contributed by atoms with Gasteiger partial charge in [0.15, 0.2) is 12.2 Å². The number of hydrogen-bond acceptors (Lipinski definition) is 4. The lowest BCUT2D eigenvalue weighted by molar-refractivity contribution is -0.136. The molecule has 0 fully saturated rings. The van der Waals surface area contributed by atoms with E-state index >= 15 is 0 Å². The molecule has 0 amide bonds. The fraction of sp³-hybridized carbons (Fsp3) is 0.167. The quantitative estimate of drug-likeness (QED) is 0.305. The molecule has 0 aliphatic heterocycles. The lowest BCUT2D eigenvalue weighted by Crippen LogP contribution is -1.96. The Morgan fingerprint density at radius 2 is 2.10 bits per heavy atom. The molecule has 0 rings (SSSR count). The third-order valence-electron chi connectivity index (χ3n) is 0.591. The zero-order valence-electron chi connectivity index (χ0n) is 4.99. The van der Waals surface area contributed by atoms with Gasteiger partial charge in [0.1, 0.15) is 5.94 Å². The molecule has 0 aliphatic rings. The fourth-order valence-electron chi connectivity index (χ4n) is 0.263. The summed E-state index contributed by atoms with van der Waals surface area (Å²) in [6.07, 6.45) is 1.36. The first kappa shape index (κ1) is 8.37. The van der Waals surface area contributed by atoms with E-state index in [-0.39, 0.29) is 6.42 Å². The molecular formula is C6H4O4. The summed E-state index contributed by atoms with van der Waals surface area (Å²) in [5, 5.41) is 0. The van der Waals surface area contributed by atoms with Gasteiger partial charge in [-0.25, -0.2) is 9.59 Å². The minimum absolute atomic E-state index is 0.179. The predicted octanol–water partition coefficient (Wildman–Crippen LogP) is -0.347. The summed E-state index contributed by atoms with van der Waals surface area (Å²) in [6.45, 7) is 0. The summed E-state index contributed by atoms with van der Waals surface area (Å²) < 4.78 is 4.10. The Balaban J connectivity index is 3.63. The van der Waals surface area contributed by atoms with Crippen LogP contribution in [0.1, 0.15) is 6.42 Å². The van der Waals surface area contributed by atoms with E-state index in [9.17, 15) is 14.4 Å². The van der Waals surface area contributed by atoms with Gasteiger partial charge in [0.05, 0.1) is 6.42 Å². The van der Waals surface area contributed by atoms with Crippen LogP contribution in [0.2, 0.25) is 0 Å². The molecule has 0 saturated heterocycles. The van der Waals surface area contributed by atoms with Crippen molar-refractivity contribution in [2.75, 3.05) is 0 Å². The molecule has 0 aromatic rings. The summed E-state index contributed by atoms with van der Waals surface area (Å²) in [5.41, 5.74) is 0. The zero-order valence-corrected chi connectivity index (χ0v) is 4.99. The van der Waals surface area contributed by atoms with E-state index in [4.69, 9.17) is 0 Å². The Labute approximate surface area is 56.8 Å². The van der Waals surface area contributed by atoms with Gasteiger partial charge < -0.3 is 4.74 Å². The van der Waals surface area contributed by atoms with Gasteiger partial charge in [-0.3, -0.25) is 4.79 Å². The Morgan fingerprint density at radius 1 is 1.40 bits per heavy atom. The molecule has 0 atom stereocenters. The minimum Gasteiger partial charge on any atom is -0.422 e. The van der Waals surface area contributed by atoms with Crippen molar-refractivity contribution in [2.24, 2.45) is 0 Å². The second-order valence-corrected chi connectivity index (χ2v) is 1.25. The maximum absolute atomic E-state index is 10.3. The molecule has 0 radical (unpaired) electrons. The van der Waals surface area contributed by atoms with Crippen molar-refractivity contribution < 1.29 is 19.1 Å². The molecule has 52 valence electrons. The molecule has 4 nitrogen and oxygen atoms in total. The number of carbonyl (C=O) groups is 1. The molecule has 0 aromatic carbocycles. The van der Waals surface area contributed by atoms with Crippen LogP contribution in [-0.2, 0) is 19.1 Å². The van der Waals surface area contributed by atoms with Crippen molar-refractivity contribution in [3.05, 3.63) is 12.3 Å². The van der Waals surface area contributed by atoms with Gasteiger partial charge in [-0.05, 0) is 0 Å². The highest BCUT2D eigenvalue weighted by Gasteiger charge is 1.95. The van der Waals surface area contributed by atoms with Crippen LogP contribution in [0.15, 0.2) is 12.3 Å². The molecule has 0 heterocycles. The minimum atomic E-state index is -0.688. The van der Waals surface area contributed by atoms with Crippen molar-refractivity contribution in [3.63, 3.8) is 0 Å². The molecule has 0 saturated carbocycles. The highest BCUT2D eigenvalue weighted by atomic mass is 16.5. The first-order valence-corrected chi connectivity index (χ1v) is 2.39. The van der Waals surface area contributed by atoms with E-state index < -0.39 is 5.97 Å². The summed E-state index contributed by atoms with van der Waals surface area (Å²) in [6, 6.07) is 0. The SMILES string of the molecule is O=C=CCC(=O)OC=C=O. The molecule has 0 bridgehead atoms. The van der Waals surface area contributed by atoms with Crippen molar-refractivity contribution in [1.29, 1.82) is 0 Å². The number of esters is 1. The van der Waals surface area contributed by atoms with Crippen LogP contribution < -0.4 is 0 Å². The lowest BCUT2D eigenvalue weighted by Gasteiger charge is -1.87.